The summed E-state index contributed by atoms with van der Waals surface area (Å²) in [6.07, 6.45) is 1.99. The highest BCUT2D eigenvalue weighted by molar-refractivity contribution is 7.85. The molecule has 0 spiro atoms. The zero-order chi connectivity index (χ0) is 19.0. The molecule has 4 rings (SSSR count). The van der Waals surface area contributed by atoms with Gasteiger partial charge in [0.1, 0.15) is 5.82 Å². The van der Waals surface area contributed by atoms with Gasteiger partial charge in [0.25, 0.3) is 5.91 Å². The second-order valence-corrected chi connectivity index (χ2v) is 8.04. The summed E-state index contributed by atoms with van der Waals surface area (Å²) in [6.45, 7) is 0.150. The Balaban J connectivity index is 1.42. The Labute approximate surface area is 156 Å². The van der Waals surface area contributed by atoms with Crippen LogP contribution in [0.3, 0.4) is 0 Å². The fourth-order valence-electron chi connectivity index (χ4n) is 3.07. The molecule has 1 fully saturated rings. The van der Waals surface area contributed by atoms with E-state index in [0.29, 0.717) is 11.1 Å². The Morgan fingerprint density at radius 3 is 2.78 bits per heavy atom. The van der Waals surface area contributed by atoms with Crippen LogP contribution >= 0.6 is 0 Å². The van der Waals surface area contributed by atoms with Gasteiger partial charge in [0.05, 0.1) is 26.7 Å². The summed E-state index contributed by atoms with van der Waals surface area (Å²) in [4.78, 5) is 27.3. The Morgan fingerprint density at radius 1 is 1.26 bits per heavy atom. The van der Waals surface area contributed by atoms with E-state index in [1.165, 1.54) is 18.2 Å². The molecule has 140 valence electrons. The number of fused-ring (bicyclic) bond motifs is 1. The van der Waals surface area contributed by atoms with Crippen molar-refractivity contribution in [3.8, 4) is 0 Å². The summed E-state index contributed by atoms with van der Waals surface area (Å²) in [5.41, 5.74) is 1.66. The van der Waals surface area contributed by atoms with E-state index in [4.69, 9.17) is 0 Å². The van der Waals surface area contributed by atoms with Crippen molar-refractivity contribution in [3.63, 3.8) is 0 Å². The van der Waals surface area contributed by atoms with Crippen molar-refractivity contribution in [2.75, 3.05) is 12.3 Å². The molecule has 8 heteroatoms. The van der Waals surface area contributed by atoms with Gasteiger partial charge in [0.15, 0.2) is 0 Å². The highest BCUT2D eigenvalue weighted by atomic mass is 32.2. The van der Waals surface area contributed by atoms with Crippen molar-refractivity contribution in [1.82, 2.24) is 14.9 Å². The number of hydrogen-bond donors (Lipinski definition) is 2. The van der Waals surface area contributed by atoms with Crippen molar-refractivity contribution in [2.24, 2.45) is 0 Å². The minimum atomic E-state index is -1.53. The zero-order valence-corrected chi connectivity index (χ0v) is 15.2. The van der Waals surface area contributed by atoms with E-state index in [1.54, 1.807) is 28.8 Å². The van der Waals surface area contributed by atoms with Crippen LogP contribution in [-0.4, -0.2) is 32.0 Å². The number of nitrogens with one attached hydrogen (secondary N) is 2. The molecule has 0 radical (unpaired) electrons. The molecular weight excluding hydrogens is 369 g/mol. The lowest BCUT2D eigenvalue weighted by molar-refractivity contribution is 0.0956. The smallest absolute Gasteiger partial charge is 0.326 e. The monoisotopic (exact) mass is 387 g/mol. The minimum absolute atomic E-state index is 0.115. The van der Waals surface area contributed by atoms with Crippen LogP contribution in [0.15, 0.2) is 52.2 Å². The molecule has 1 aliphatic rings. The molecule has 1 aromatic heterocycles. The number of halogens is 1. The molecule has 0 saturated heterocycles. The number of carbonyl (C=O) groups is 1. The third kappa shape index (κ3) is 3.57. The number of carbonyl (C=O) groups excluding carboxylic acids is 1. The van der Waals surface area contributed by atoms with E-state index in [2.05, 4.69) is 10.3 Å². The lowest BCUT2D eigenvalue weighted by Crippen LogP contribution is -2.27. The van der Waals surface area contributed by atoms with Gasteiger partial charge < -0.3 is 10.3 Å². The number of aromatic nitrogens is 2. The van der Waals surface area contributed by atoms with Crippen LogP contribution in [0, 0.1) is 5.82 Å². The van der Waals surface area contributed by atoms with Gasteiger partial charge in [-0.15, -0.1) is 0 Å². The van der Waals surface area contributed by atoms with Crippen molar-refractivity contribution >= 4 is 27.7 Å². The Kier molecular flexibility index (Phi) is 4.65. The topological polar surface area (TPSA) is 84.0 Å². The summed E-state index contributed by atoms with van der Waals surface area (Å²) in [6, 6.07) is 11.2. The number of imidazole rings is 1. The van der Waals surface area contributed by atoms with Gasteiger partial charge in [0, 0.05) is 23.9 Å². The van der Waals surface area contributed by atoms with Gasteiger partial charge >= 0.3 is 5.69 Å². The molecule has 1 heterocycles. The van der Waals surface area contributed by atoms with Gasteiger partial charge in [-0.3, -0.25) is 13.6 Å². The number of hydrogen-bond acceptors (Lipinski definition) is 3. The molecule has 0 aliphatic heterocycles. The zero-order valence-electron chi connectivity index (χ0n) is 14.4. The quantitative estimate of drug-likeness (QED) is 0.681. The van der Waals surface area contributed by atoms with Gasteiger partial charge in [0.2, 0.25) is 0 Å². The number of nitrogens with zero attached hydrogens (tertiary/aromatic N) is 1. The van der Waals surface area contributed by atoms with Crippen LogP contribution in [0.2, 0.25) is 0 Å². The lowest BCUT2D eigenvalue weighted by atomic mass is 10.2. The van der Waals surface area contributed by atoms with E-state index in [1.807, 2.05) is 0 Å². The van der Waals surface area contributed by atoms with E-state index < -0.39 is 16.6 Å². The summed E-state index contributed by atoms with van der Waals surface area (Å²) in [7, 11) is -1.53. The molecule has 1 amide bonds. The molecule has 1 saturated carbocycles. The molecule has 2 N–H and O–H groups in total. The van der Waals surface area contributed by atoms with Crippen LogP contribution in [0.5, 0.6) is 0 Å². The highest BCUT2D eigenvalue weighted by Crippen LogP contribution is 2.35. The lowest BCUT2D eigenvalue weighted by Gasteiger charge is -2.07. The van der Waals surface area contributed by atoms with Crippen LogP contribution < -0.4 is 11.0 Å². The third-order valence-electron chi connectivity index (χ3n) is 4.55. The predicted octanol–water partition coefficient (Wildman–Crippen LogP) is 2.34. The standard InChI is InChI=1S/C19H18FN3O3S/c20-14-3-1-2-4-17(14)27(26)10-9-21-18(24)12-5-8-16-15(11-12)22-19(25)23(16)13-6-7-13/h1-5,8,11,13H,6-7,9-10H2,(H,21,24)(H,22,25). The average molecular weight is 387 g/mol. The largest absolute Gasteiger partial charge is 0.351 e. The van der Waals surface area contributed by atoms with Crippen LogP contribution in [0.25, 0.3) is 11.0 Å². The maximum absolute atomic E-state index is 13.6. The van der Waals surface area contributed by atoms with Crippen molar-refractivity contribution in [3.05, 3.63) is 64.3 Å². The highest BCUT2D eigenvalue weighted by Gasteiger charge is 2.27. The first-order valence-corrected chi connectivity index (χ1v) is 10.0. The molecule has 1 atom stereocenters. The van der Waals surface area contributed by atoms with E-state index in [9.17, 15) is 18.2 Å². The SMILES string of the molecule is O=C(NCCS(=O)c1ccccc1F)c1ccc2c(c1)[nH]c(=O)n2C1CC1. The number of rotatable bonds is 6. The second kappa shape index (κ2) is 7.11. The fraction of sp³-hybridized carbons (Fsp3) is 0.263. The number of H-pyrrole nitrogens is 1. The summed E-state index contributed by atoms with van der Waals surface area (Å²) >= 11 is 0. The summed E-state index contributed by atoms with van der Waals surface area (Å²) in [5.74, 6) is -0.733. The summed E-state index contributed by atoms with van der Waals surface area (Å²) in [5, 5.41) is 2.69. The first-order valence-electron chi connectivity index (χ1n) is 8.70. The number of amides is 1. The maximum Gasteiger partial charge on any atom is 0.326 e. The van der Waals surface area contributed by atoms with Crippen molar-refractivity contribution in [1.29, 1.82) is 0 Å². The van der Waals surface area contributed by atoms with Crippen molar-refractivity contribution in [2.45, 2.75) is 23.8 Å². The minimum Gasteiger partial charge on any atom is -0.351 e. The predicted molar refractivity (Wildman–Crippen MR) is 101 cm³/mol. The first-order chi connectivity index (χ1) is 13.0. The summed E-state index contributed by atoms with van der Waals surface area (Å²) < 4.78 is 27.5. The van der Waals surface area contributed by atoms with Gasteiger partial charge in [-0.05, 0) is 43.2 Å². The Morgan fingerprint density at radius 2 is 2.04 bits per heavy atom. The van der Waals surface area contributed by atoms with E-state index in [-0.39, 0.29) is 34.8 Å². The molecule has 3 aromatic rings. The molecule has 27 heavy (non-hydrogen) atoms. The molecule has 1 aliphatic carbocycles. The first kappa shape index (κ1) is 17.7. The molecule has 2 aromatic carbocycles. The normalized spacial score (nSPS) is 15.0. The number of aromatic amines is 1. The Bertz CT molecular complexity index is 1100. The molecule has 6 nitrogen and oxygen atoms in total. The van der Waals surface area contributed by atoms with E-state index in [0.717, 1.165) is 18.4 Å². The van der Waals surface area contributed by atoms with Gasteiger partial charge in [-0.25, -0.2) is 9.18 Å². The van der Waals surface area contributed by atoms with Gasteiger partial charge in [-0.1, -0.05) is 12.1 Å². The van der Waals surface area contributed by atoms with Crippen LogP contribution in [0.1, 0.15) is 29.2 Å². The van der Waals surface area contributed by atoms with Gasteiger partial charge in [-0.2, -0.15) is 0 Å². The molecule has 0 bridgehead atoms. The Hall–Kier alpha value is -2.74. The van der Waals surface area contributed by atoms with Crippen LogP contribution in [0.4, 0.5) is 4.39 Å². The van der Waals surface area contributed by atoms with E-state index >= 15 is 0 Å². The average Bonchev–Trinajstić information content (AvgIpc) is 3.43. The number of benzene rings is 2. The third-order valence-corrected chi connectivity index (χ3v) is 5.94. The maximum atomic E-state index is 13.6. The second-order valence-electron chi connectivity index (χ2n) is 6.50. The van der Waals surface area contributed by atoms with Crippen molar-refractivity contribution < 1.29 is 13.4 Å². The molecule has 1 unspecified atom stereocenters. The van der Waals surface area contributed by atoms with Crippen LogP contribution in [-0.2, 0) is 10.8 Å². The fourth-order valence-corrected chi connectivity index (χ4v) is 4.09. The molecular formula is C19H18FN3O3S.